The van der Waals surface area contributed by atoms with E-state index in [0.717, 1.165) is 16.8 Å². The van der Waals surface area contributed by atoms with Crippen molar-refractivity contribution < 1.29 is 9.72 Å². The van der Waals surface area contributed by atoms with E-state index in [1.54, 1.807) is 17.7 Å². The quantitative estimate of drug-likeness (QED) is 0.277. The Bertz CT molecular complexity index is 1780. The number of aromatic amines is 1. The SMILES string of the molecule is Cc1cc(NC(=O)c2cccc([N+](=O)[O-])c2C)n(-c2nc3c(cnn3-c3ccc(C)c(C)c3)c(=O)[nH]2)n1. The van der Waals surface area contributed by atoms with E-state index < -0.39 is 16.4 Å². The van der Waals surface area contributed by atoms with E-state index in [2.05, 4.69) is 25.5 Å². The summed E-state index contributed by atoms with van der Waals surface area (Å²) in [6, 6.07) is 11.7. The number of nitrogens with one attached hydrogen (secondary N) is 2. The lowest BCUT2D eigenvalue weighted by Crippen LogP contribution is -2.19. The fourth-order valence-corrected chi connectivity index (χ4v) is 4.05. The molecule has 0 fully saturated rings. The number of aryl methyl sites for hydroxylation is 3. The molecule has 2 N–H and O–H groups in total. The zero-order valence-electron chi connectivity index (χ0n) is 20.4. The number of carbonyl (C=O) groups excluding carboxylic acids is 1. The van der Waals surface area contributed by atoms with Crippen LogP contribution in [0.1, 0.15) is 32.7 Å². The Labute approximate surface area is 209 Å². The lowest BCUT2D eigenvalue weighted by Gasteiger charge is -2.10. The molecule has 3 aromatic heterocycles. The highest BCUT2D eigenvalue weighted by atomic mass is 16.6. The van der Waals surface area contributed by atoms with Gasteiger partial charge in [-0.25, -0.2) is 4.68 Å². The number of benzene rings is 2. The van der Waals surface area contributed by atoms with Crippen molar-refractivity contribution in [2.45, 2.75) is 27.7 Å². The predicted molar refractivity (Wildman–Crippen MR) is 137 cm³/mol. The molecule has 0 saturated carbocycles. The topological polar surface area (TPSA) is 154 Å². The molecule has 2 aromatic carbocycles. The first kappa shape index (κ1) is 23.6. The third-order valence-electron chi connectivity index (χ3n) is 6.18. The second kappa shape index (κ2) is 8.82. The summed E-state index contributed by atoms with van der Waals surface area (Å²) in [5.41, 5.74) is 3.60. The van der Waals surface area contributed by atoms with Gasteiger partial charge in [0.05, 0.1) is 22.5 Å². The van der Waals surface area contributed by atoms with Gasteiger partial charge in [-0.15, -0.1) is 0 Å². The van der Waals surface area contributed by atoms with Crippen LogP contribution < -0.4 is 10.9 Å². The first-order valence-corrected chi connectivity index (χ1v) is 11.3. The molecule has 0 spiro atoms. The van der Waals surface area contributed by atoms with Crippen LogP contribution in [0.15, 0.2) is 53.5 Å². The second-order valence-electron chi connectivity index (χ2n) is 8.70. The number of hydrogen-bond donors (Lipinski definition) is 2. The zero-order valence-corrected chi connectivity index (χ0v) is 20.4. The molecule has 0 aliphatic heterocycles. The van der Waals surface area contributed by atoms with Crippen LogP contribution in [0.3, 0.4) is 0 Å². The number of aromatic nitrogens is 6. The molecule has 0 atom stereocenters. The van der Waals surface area contributed by atoms with Gasteiger partial charge in [0.2, 0.25) is 5.95 Å². The molecule has 37 heavy (non-hydrogen) atoms. The minimum atomic E-state index is -0.564. The number of nitro benzene ring substituents is 1. The van der Waals surface area contributed by atoms with Crippen LogP contribution in [0.2, 0.25) is 0 Å². The van der Waals surface area contributed by atoms with E-state index in [0.29, 0.717) is 16.7 Å². The maximum Gasteiger partial charge on any atom is 0.273 e. The summed E-state index contributed by atoms with van der Waals surface area (Å²) in [5.74, 6) is -0.263. The van der Waals surface area contributed by atoms with Crippen LogP contribution >= 0.6 is 0 Å². The molecular weight excluding hydrogens is 476 g/mol. The molecule has 0 aliphatic carbocycles. The Kier molecular flexibility index (Phi) is 5.63. The largest absolute Gasteiger partial charge is 0.306 e. The highest BCUT2D eigenvalue weighted by Gasteiger charge is 2.21. The van der Waals surface area contributed by atoms with Crippen molar-refractivity contribution >= 4 is 28.4 Å². The molecule has 0 bridgehead atoms. The number of hydrogen-bond acceptors (Lipinski definition) is 7. The highest BCUT2D eigenvalue weighted by Crippen LogP contribution is 2.23. The number of nitrogens with zero attached hydrogens (tertiary/aromatic N) is 6. The highest BCUT2D eigenvalue weighted by molar-refractivity contribution is 6.05. The van der Waals surface area contributed by atoms with Gasteiger partial charge in [0, 0.05) is 23.3 Å². The summed E-state index contributed by atoms with van der Waals surface area (Å²) < 4.78 is 2.88. The summed E-state index contributed by atoms with van der Waals surface area (Å²) in [4.78, 5) is 44.0. The van der Waals surface area contributed by atoms with Crippen LogP contribution in [-0.2, 0) is 0 Å². The van der Waals surface area contributed by atoms with Crippen molar-refractivity contribution in [2.24, 2.45) is 0 Å². The lowest BCUT2D eigenvalue weighted by molar-refractivity contribution is -0.385. The number of amides is 1. The van der Waals surface area contributed by atoms with Gasteiger partial charge in [0.15, 0.2) is 5.65 Å². The van der Waals surface area contributed by atoms with Crippen LogP contribution in [0, 0.1) is 37.8 Å². The van der Waals surface area contributed by atoms with E-state index in [1.807, 2.05) is 32.0 Å². The van der Waals surface area contributed by atoms with Crippen LogP contribution in [-0.4, -0.2) is 40.4 Å². The number of anilines is 1. The fourth-order valence-electron chi connectivity index (χ4n) is 4.05. The Balaban J connectivity index is 1.58. The number of nitro groups is 1. The first-order valence-electron chi connectivity index (χ1n) is 11.3. The molecule has 3 heterocycles. The molecule has 12 nitrogen and oxygen atoms in total. The summed E-state index contributed by atoms with van der Waals surface area (Å²) >= 11 is 0. The molecule has 1 amide bonds. The van der Waals surface area contributed by atoms with Crippen molar-refractivity contribution in [1.82, 2.24) is 29.5 Å². The van der Waals surface area contributed by atoms with E-state index >= 15 is 0 Å². The minimum Gasteiger partial charge on any atom is -0.306 e. The van der Waals surface area contributed by atoms with Crippen LogP contribution in [0.5, 0.6) is 0 Å². The van der Waals surface area contributed by atoms with Gasteiger partial charge in [-0.05, 0) is 57.0 Å². The molecule has 186 valence electrons. The normalized spacial score (nSPS) is 11.1. The van der Waals surface area contributed by atoms with Gasteiger partial charge in [-0.1, -0.05) is 12.1 Å². The van der Waals surface area contributed by atoms with Crippen LogP contribution in [0.25, 0.3) is 22.7 Å². The summed E-state index contributed by atoms with van der Waals surface area (Å²) in [7, 11) is 0. The van der Waals surface area contributed by atoms with Crippen molar-refractivity contribution in [3.05, 3.63) is 97.1 Å². The standard InChI is InChI=1S/C25H22N8O4/c1-13-8-9-17(10-14(13)2)31-22-19(12-26-31)24(35)29-25(28-22)32-21(11-15(3)30-32)27-23(34)18-6-5-7-20(16(18)4)33(36)37/h5-12H,1-4H3,(H,27,34)(H,28,29,35). The van der Waals surface area contributed by atoms with Crippen molar-refractivity contribution in [2.75, 3.05) is 5.32 Å². The summed E-state index contributed by atoms with van der Waals surface area (Å²) in [6.45, 7) is 7.23. The third-order valence-corrected chi connectivity index (χ3v) is 6.18. The molecule has 0 aliphatic rings. The second-order valence-corrected chi connectivity index (χ2v) is 8.70. The smallest absolute Gasteiger partial charge is 0.273 e. The number of carbonyl (C=O) groups is 1. The summed E-state index contributed by atoms with van der Waals surface area (Å²) in [5, 5.41) is 23.1. The molecule has 5 rings (SSSR count). The van der Waals surface area contributed by atoms with Gasteiger partial charge in [0.1, 0.15) is 11.2 Å². The Morgan fingerprint density at radius 3 is 2.57 bits per heavy atom. The zero-order chi connectivity index (χ0) is 26.4. The summed E-state index contributed by atoms with van der Waals surface area (Å²) in [6.07, 6.45) is 1.45. The van der Waals surface area contributed by atoms with Gasteiger partial charge < -0.3 is 5.32 Å². The Morgan fingerprint density at radius 1 is 1.05 bits per heavy atom. The van der Waals surface area contributed by atoms with Gasteiger partial charge in [-0.2, -0.15) is 19.9 Å². The first-order chi connectivity index (χ1) is 17.6. The van der Waals surface area contributed by atoms with Crippen molar-refractivity contribution in [3.8, 4) is 11.6 Å². The van der Waals surface area contributed by atoms with Gasteiger partial charge in [-0.3, -0.25) is 24.7 Å². The molecule has 0 radical (unpaired) electrons. The van der Waals surface area contributed by atoms with Gasteiger partial charge in [0.25, 0.3) is 17.2 Å². The fraction of sp³-hybridized carbons (Fsp3) is 0.160. The van der Waals surface area contributed by atoms with E-state index in [9.17, 15) is 19.7 Å². The monoisotopic (exact) mass is 498 g/mol. The van der Waals surface area contributed by atoms with E-state index in [-0.39, 0.29) is 28.6 Å². The Hall–Kier alpha value is -5.13. The lowest BCUT2D eigenvalue weighted by atomic mass is 10.1. The number of rotatable bonds is 5. The van der Waals surface area contributed by atoms with Crippen LogP contribution in [0.4, 0.5) is 11.5 Å². The maximum atomic E-state index is 13.1. The van der Waals surface area contributed by atoms with Crippen molar-refractivity contribution in [1.29, 1.82) is 0 Å². The van der Waals surface area contributed by atoms with E-state index in [4.69, 9.17) is 0 Å². The molecular formula is C25H22N8O4. The van der Waals surface area contributed by atoms with E-state index in [1.165, 1.54) is 36.0 Å². The number of H-pyrrole nitrogens is 1. The molecule has 0 saturated heterocycles. The molecule has 12 heteroatoms. The average Bonchev–Trinajstić information content (AvgIpc) is 3.44. The molecule has 5 aromatic rings. The van der Waals surface area contributed by atoms with Gasteiger partial charge >= 0.3 is 0 Å². The average molecular weight is 499 g/mol. The predicted octanol–water partition coefficient (Wildman–Crippen LogP) is 3.69. The maximum absolute atomic E-state index is 13.1. The van der Waals surface area contributed by atoms with Crippen molar-refractivity contribution in [3.63, 3.8) is 0 Å². The Morgan fingerprint density at radius 2 is 1.84 bits per heavy atom. The number of fused-ring (bicyclic) bond motifs is 1. The molecule has 0 unspecified atom stereocenters. The minimum absolute atomic E-state index is 0.0715. The third kappa shape index (κ3) is 4.14.